The molecule has 1 unspecified atom stereocenters. The summed E-state index contributed by atoms with van der Waals surface area (Å²) in [7, 11) is 0. The van der Waals surface area contributed by atoms with E-state index in [1.165, 1.54) is 38.6 Å². The number of nitrogens with one attached hydrogen (secondary N) is 1. The summed E-state index contributed by atoms with van der Waals surface area (Å²) in [6.07, 6.45) is 7.81. The fourth-order valence-corrected chi connectivity index (χ4v) is 3.12. The van der Waals surface area contributed by atoms with Crippen LogP contribution in [0.25, 0.3) is 0 Å². The second kappa shape index (κ2) is 9.01. The topological polar surface area (TPSA) is 35.5 Å². The molecule has 1 saturated carbocycles. The average molecular weight is 284 g/mol. The van der Waals surface area contributed by atoms with Crippen molar-refractivity contribution in [2.75, 3.05) is 26.2 Å². The predicted molar refractivity (Wildman–Crippen MR) is 87.1 cm³/mol. The van der Waals surface area contributed by atoms with Crippen LogP contribution in [0.1, 0.15) is 66.2 Å². The van der Waals surface area contributed by atoms with Crippen molar-refractivity contribution in [2.24, 2.45) is 5.92 Å². The lowest BCUT2D eigenvalue weighted by atomic mass is 10.00. The van der Waals surface area contributed by atoms with E-state index in [1.54, 1.807) is 0 Å². The molecule has 0 aromatic heterocycles. The third kappa shape index (κ3) is 6.11. The fraction of sp³-hybridized carbons (Fsp3) is 1.00. The van der Waals surface area contributed by atoms with Crippen LogP contribution in [0.15, 0.2) is 0 Å². The zero-order valence-electron chi connectivity index (χ0n) is 14.1. The van der Waals surface area contributed by atoms with E-state index in [2.05, 4.69) is 37.9 Å². The number of hydrogen-bond acceptors (Lipinski definition) is 3. The molecule has 1 atom stereocenters. The van der Waals surface area contributed by atoms with Gasteiger partial charge in [-0.05, 0) is 51.6 Å². The summed E-state index contributed by atoms with van der Waals surface area (Å²) >= 11 is 0. The molecule has 0 amide bonds. The fourth-order valence-electron chi connectivity index (χ4n) is 3.12. The average Bonchev–Trinajstić information content (AvgIpc) is 2.95. The summed E-state index contributed by atoms with van der Waals surface area (Å²) in [6.45, 7) is 12.3. The maximum Gasteiger partial charge on any atom is 0.0623 e. The molecule has 0 aromatic rings. The molecule has 20 heavy (non-hydrogen) atoms. The summed E-state index contributed by atoms with van der Waals surface area (Å²) < 4.78 is 0. The van der Waals surface area contributed by atoms with Gasteiger partial charge in [-0.15, -0.1) is 0 Å². The van der Waals surface area contributed by atoms with Crippen LogP contribution in [-0.2, 0) is 0 Å². The van der Waals surface area contributed by atoms with Gasteiger partial charge in [-0.3, -0.25) is 4.90 Å². The Morgan fingerprint density at radius 2 is 1.95 bits per heavy atom. The van der Waals surface area contributed by atoms with Gasteiger partial charge in [-0.1, -0.05) is 33.6 Å². The Morgan fingerprint density at radius 1 is 1.30 bits per heavy atom. The van der Waals surface area contributed by atoms with E-state index in [-0.39, 0.29) is 12.1 Å². The van der Waals surface area contributed by atoms with Crippen molar-refractivity contribution in [1.29, 1.82) is 0 Å². The molecule has 0 heterocycles. The van der Waals surface area contributed by atoms with E-state index in [4.69, 9.17) is 0 Å². The van der Waals surface area contributed by atoms with Gasteiger partial charge in [0.25, 0.3) is 0 Å². The molecule has 0 spiro atoms. The van der Waals surface area contributed by atoms with Crippen LogP contribution in [0.5, 0.6) is 0 Å². The van der Waals surface area contributed by atoms with Crippen molar-refractivity contribution in [3.8, 4) is 0 Å². The third-order valence-electron chi connectivity index (χ3n) is 4.54. The van der Waals surface area contributed by atoms with Crippen LogP contribution < -0.4 is 5.32 Å². The van der Waals surface area contributed by atoms with Gasteiger partial charge in [0.05, 0.1) is 12.1 Å². The molecule has 3 nitrogen and oxygen atoms in total. The molecule has 0 aromatic carbocycles. The van der Waals surface area contributed by atoms with Crippen molar-refractivity contribution >= 4 is 0 Å². The summed E-state index contributed by atoms with van der Waals surface area (Å²) in [4.78, 5) is 2.64. The second-order valence-corrected chi connectivity index (χ2v) is 7.24. The molecule has 3 heteroatoms. The first-order chi connectivity index (χ1) is 9.50. The highest BCUT2D eigenvalue weighted by Gasteiger charge is 2.30. The van der Waals surface area contributed by atoms with Gasteiger partial charge in [0.1, 0.15) is 0 Å². The van der Waals surface area contributed by atoms with Crippen molar-refractivity contribution < 1.29 is 5.11 Å². The minimum absolute atomic E-state index is 0.157. The van der Waals surface area contributed by atoms with E-state index in [9.17, 15) is 5.11 Å². The standard InChI is InChI=1S/C17H36N2O/c1-5-11-18-17(4,14-20)13-19(12-10-15(2)3)16-8-6-7-9-16/h15-16,18,20H,5-14H2,1-4H3. The van der Waals surface area contributed by atoms with Crippen LogP contribution in [-0.4, -0.2) is 47.8 Å². The Kier molecular flexibility index (Phi) is 8.08. The lowest BCUT2D eigenvalue weighted by molar-refractivity contribution is 0.0918. The van der Waals surface area contributed by atoms with Gasteiger partial charge in [-0.25, -0.2) is 0 Å². The Balaban J connectivity index is 2.60. The lowest BCUT2D eigenvalue weighted by Gasteiger charge is -2.38. The quantitative estimate of drug-likeness (QED) is 0.647. The van der Waals surface area contributed by atoms with E-state index >= 15 is 0 Å². The molecular weight excluding hydrogens is 248 g/mol. The maximum atomic E-state index is 9.79. The van der Waals surface area contributed by atoms with Gasteiger partial charge in [0, 0.05) is 12.6 Å². The summed E-state index contributed by atoms with van der Waals surface area (Å²) in [5.74, 6) is 0.753. The second-order valence-electron chi connectivity index (χ2n) is 7.24. The zero-order chi connectivity index (χ0) is 15.0. The molecule has 0 aliphatic heterocycles. The van der Waals surface area contributed by atoms with Crippen LogP contribution in [0.2, 0.25) is 0 Å². The summed E-state index contributed by atoms with van der Waals surface area (Å²) in [5, 5.41) is 13.3. The molecule has 0 saturated heterocycles. The van der Waals surface area contributed by atoms with Gasteiger partial charge >= 0.3 is 0 Å². The molecule has 1 aliphatic rings. The number of hydrogen-bond donors (Lipinski definition) is 2. The van der Waals surface area contributed by atoms with E-state index in [0.717, 1.165) is 31.5 Å². The van der Waals surface area contributed by atoms with Crippen molar-refractivity contribution in [1.82, 2.24) is 10.2 Å². The Morgan fingerprint density at radius 3 is 2.45 bits per heavy atom. The highest BCUT2D eigenvalue weighted by Crippen LogP contribution is 2.25. The Hall–Kier alpha value is -0.120. The molecule has 1 rings (SSSR count). The van der Waals surface area contributed by atoms with E-state index in [0.29, 0.717) is 0 Å². The van der Waals surface area contributed by atoms with E-state index < -0.39 is 0 Å². The maximum absolute atomic E-state index is 9.79. The Labute approximate surface area is 126 Å². The largest absolute Gasteiger partial charge is 0.394 e. The molecule has 0 radical (unpaired) electrons. The van der Waals surface area contributed by atoms with Crippen molar-refractivity contribution in [3.63, 3.8) is 0 Å². The summed E-state index contributed by atoms with van der Waals surface area (Å²) in [6, 6.07) is 0.739. The SMILES string of the molecule is CCCNC(C)(CO)CN(CCC(C)C)C1CCCC1. The minimum Gasteiger partial charge on any atom is -0.394 e. The van der Waals surface area contributed by atoms with Gasteiger partial charge in [0.2, 0.25) is 0 Å². The number of rotatable bonds is 10. The smallest absolute Gasteiger partial charge is 0.0623 e. The van der Waals surface area contributed by atoms with Crippen LogP contribution in [0, 0.1) is 5.92 Å². The van der Waals surface area contributed by atoms with Gasteiger partial charge in [-0.2, -0.15) is 0 Å². The van der Waals surface area contributed by atoms with Crippen LogP contribution in [0.4, 0.5) is 0 Å². The highest BCUT2D eigenvalue weighted by atomic mass is 16.3. The first kappa shape index (κ1) is 17.9. The first-order valence-electron chi connectivity index (χ1n) is 8.60. The molecule has 1 fully saturated rings. The predicted octanol–water partition coefficient (Wildman–Crippen LogP) is 3.03. The van der Waals surface area contributed by atoms with Crippen molar-refractivity contribution in [3.05, 3.63) is 0 Å². The zero-order valence-corrected chi connectivity index (χ0v) is 14.1. The summed E-state index contributed by atoms with van der Waals surface area (Å²) in [5.41, 5.74) is -0.157. The molecule has 2 N–H and O–H groups in total. The van der Waals surface area contributed by atoms with Crippen LogP contribution >= 0.6 is 0 Å². The number of nitrogens with zero attached hydrogens (tertiary/aromatic N) is 1. The normalized spacial score (nSPS) is 19.9. The monoisotopic (exact) mass is 284 g/mol. The lowest BCUT2D eigenvalue weighted by Crippen LogP contribution is -2.56. The molecule has 0 bridgehead atoms. The van der Waals surface area contributed by atoms with E-state index in [1.807, 2.05) is 0 Å². The highest BCUT2D eigenvalue weighted by molar-refractivity contribution is 4.89. The third-order valence-corrected chi connectivity index (χ3v) is 4.54. The van der Waals surface area contributed by atoms with Gasteiger partial charge in [0.15, 0.2) is 0 Å². The number of aliphatic hydroxyl groups excluding tert-OH is 1. The molecular formula is C17H36N2O. The van der Waals surface area contributed by atoms with Crippen molar-refractivity contribution in [2.45, 2.75) is 77.8 Å². The minimum atomic E-state index is -0.157. The molecule has 1 aliphatic carbocycles. The van der Waals surface area contributed by atoms with Crippen LogP contribution in [0.3, 0.4) is 0 Å². The van der Waals surface area contributed by atoms with Gasteiger partial charge < -0.3 is 10.4 Å². The first-order valence-corrected chi connectivity index (χ1v) is 8.60. The Bertz CT molecular complexity index is 251. The molecule has 120 valence electrons. The number of aliphatic hydroxyl groups is 1.